The van der Waals surface area contributed by atoms with Gasteiger partial charge in [0.1, 0.15) is 0 Å². The largest absolute Gasteiger partial charge is 0.373 e. The van der Waals surface area contributed by atoms with Crippen molar-refractivity contribution in [1.29, 1.82) is 0 Å². The highest BCUT2D eigenvalue weighted by Gasteiger charge is 2.30. The Balaban J connectivity index is 1.74. The number of hydrogen-bond donors (Lipinski definition) is 2. The smallest absolute Gasteiger partial charge is 0.243 e. The number of sulfonamides is 1. The minimum absolute atomic E-state index is 0.175. The third kappa shape index (κ3) is 5.71. The van der Waals surface area contributed by atoms with Crippen molar-refractivity contribution in [3.63, 3.8) is 0 Å². The molecule has 0 amide bonds. The second-order valence-electron chi connectivity index (χ2n) is 8.02. The van der Waals surface area contributed by atoms with Crippen LogP contribution in [0.3, 0.4) is 0 Å². The molecule has 0 bridgehead atoms. The Morgan fingerprint density at radius 1 is 1.17 bits per heavy atom. The molecule has 2 aliphatic heterocycles. The van der Waals surface area contributed by atoms with E-state index in [1.54, 1.807) is 16.4 Å². The molecule has 29 heavy (non-hydrogen) atoms. The number of ether oxygens (including phenoxy) is 1. The first-order valence-corrected chi connectivity index (χ1v) is 12.1. The molecule has 1 aromatic carbocycles. The van der Waals surface area contributed by atoms with E-state index in [1.165, 1.54) is 0 Å². The molecule has 162 valence electrons. The summed E-state index contributed by atoms with van der Waals surface area (Å²) in [5.41, 5.74) is 0.546. The van der Waals surface area contributed by atoms with Crippen molar-refractivity contribution in [2.24, 2.45) is 4.99 Å². The molecule has 1 unspecified atom stereocenters. The van der Waals surface area contributed by atoms with Gasteiger partial charge < -0.3 is 15.4 Å². The van der Waals surface area contributed by atoms with Gasteiger partial charge in [-0.05, 0) is 51.2 Å². The van der Waals surface area contributed by atoms with E-state index >= 15 is 0 Å². The summed E-state index contributed by atoms with van der Waals surface area (Å²) in [4.78, 5) is 5.02. The lowest BCUT2D eigenvalue weighted by Crippen LogP contribution is -2.45. The quantitative estimate of drug-likeness (QED) is 0.521. The van der Waals surface area contributed by atoms with Crippen LogP contribution in [0.5, 0.6) is 0 Å². The molecule has 1 atom stereocenters. The molecule has 0 aliphatic carbocycles. The first-order valence-electron chi connectivity index (χ1n) is 10.7. The van der Waals surface area contributed by atoms with Gasteiger partial charge in [-0.1, -0.05) is 24.6 Å². The predicted octanol–water partition coefficient (Wildman–Crippen LogP) is 2.49. The van der Waals surface area contributed by atoms with Crippen LogP contribution in [0.4, 0.5) is 0 Å². The lowest BCUT2D eigenvalue weighted by Gasteiger charge is -2.27. The fourth-order valence-corrected chi connectivity index (χ4v) is 5.61. The fraction of sp³-hybridized carbons (Fsp3) is 0.667. The summed E-state index contributed by atoms with van der Waals surface area (Å²) < 4.78 is 33.7. The van der Waals surface area contributed by atoms with Crippen molar-refractivity contribution in [2.75, 3.05) is 32.8 Å². The molecule has 2 N–H and O–H groups in total. The molecule has 0 spiro atoms. The first-order chi connectivity index (χ1) is 13.9. The highest BCUT2D eigenvalue weighted by atomic mass is 32.2. The van der Waals surface area contributed by atoms with Gasteiger partial charge in [0.2, 0.25) is 10.0 Å². The molecule has 2 heterocycles. The van der Waals surface area contributed by atoms with E-state index in [-0.39, 0.29) is 5.60 Å². The molecule has 8 heteroatoms. The number of hydrogen-bond acceptors (Lipinski definition) is 4. The Bertz CT molecular complexity index is 798. The molecule has 2 fully saturated rings. The molecule has 1 aromatic rings. The number of benzene rings is 1. The SMILES string of the molecule is CCNC(=NCc1ccccc1S(=O)(=O)N1CCCCC1)NCC1(C)CCCO1. The number of aliphatic imine (C=N–C) groups is 1. The summed E-state index contributed by atoms with van der Waals surface area (Å²) in [7, 11) is -3.48. The summed E-state index contributed by atoms with van der Waals surface area (Å²) in [6.07, 6.45) is 5.05. The van der Waals surface area contributed by atoms with Crippen molar-refractivity contribution in [2.45, 2.75) is 63.0 Å². The Hall–Kier alpha value is -1.64. The standard InChI is InChI=1S/C21H34N4O3S/c1-3-22-20(24-17-21(2)12-9-15-28-21)23-16-18-10-5-6-11-19(18)29(26,27)25-13-7-4-8-14-25/h5-6,10-11H,3-4,7-9,12-17H2,1-2H3,(H2,22,23,24). The Morgan fingerprint density at radius 2 is 1.93 bits per heavy atom. The number of rotatable bonds is 7. The second kappa shape index (κ2) is 9.91. The van der Waals surface area contributed by atoms with E-state index in [1.807, 2.05) is 19.1 Å². The average molecular weight is 423 g/mol. The molecule has 2 aliphatic rings. The van der Waals surface area contributed by atoms with E-state index in [4.69, 9.17) is 4.74 Å². The Labute approximate surface area is 175 Å². The fourth-order valence-electron chi connectivity index (χ4n) is 3.88. The van der Waals surface area contributed by atoms with Crippen molar-refractivity contribution < 1.29 is 13.2 Å². The van der Waals surface area contributed by atoms with Crippen LogP contribution in [0, 0.1) is 0 Å². The number of nitrogens with zero attached hydrogens (tertiary/aromatic N) is 2. The van der Waals surface area contributed by atoms with Gasteiger partial charge in [-0.2, -0.15) is 4.31 Å². The van der Waals surface area contributed by atoms with Crippen LogP contribution < -0.4 is 10.6 Å². The van der Waals surface area contributed by atoms with Gasteiger partial charge in [0, 0.05) is 32.8 Å². The van der Waals surface area contributed by atoms with Gasteiger partial charge in [-0.3, -0.25) is 0 Å². The normalized spacial score (nSPS) is 23.9. The average Bonchev–Trinajstić information content (AvgIpc) is 3.17. The number of guanidine groups is 1. The maximum atomic E-state index is 13.1. The molecule has 0 aromatic heterocycles. The number of nitrogens with one attached hydrogen (secondary N) is 2. The highest BCUT2D eigenvalue weighted by Crippen LogP contribution is 2.25. The maximum absolute atomic E-state index is 13.1. The topological polar surface area (TPSA) is 83.0 Å². The molecule has 0 radical (unpaired) electrons. The zero-order valence-corrected chi connectivity index (χ0v) is 18.4. The molecule has 7 nitrogen and oxygen atoms in total. The van der Waals surface area contributed by atoms with Crippen LogP contribution in [0.25, 0.3) is 0 Å². The minimum atomic E-state index is -3.48. The molecular weight excluding hydrogens is 388 g/mol. The van der Waals surface area contributed by atoms with Crippen molar-refractivity contribution >= 4 is 16.0 Å². The van der Waals surface area contributed by atoms with Crippen LogP contribution in [-0.2, 0) is 21.3 Å². The summed E-state index contributed by atoms with van der Waals surface area (Å²) in [6, 6.07) is 7.20. The maximum Gasteiger partial charge on any atom is 0.243 e. The van der Waals surface area contributed by atoms with Gasteiger partial charge in [0.15, 0.2) is 5.96 Å². The zero-order chi connectivity index (χ0) is 20.7. The van der Waals surface area contributed by atoms with Crippen LogP contribution in [0.1, 0.15) is 51.5 Å². The lowest BCUT2D eigenvalue weighted by atomic mass is 10.0. The summed E-state index contributed by atoms with van der Waals surface area (Å²) in [6.45, 7) is 7.83. The van der Waals surface area contributed by atoms with Gasteiger partial charge in [-0.15, -0.1) is 0 Å². The second-order valence-corrected chi connectivity index (χ2v) is 9.93. The lowest BCUT2D eigenvalue weighted by molar-refractivity contribution is 0.0243. The van der Waals surface area contributed by atoms with E-state index in [0.29, 0.717) is 37.0 Å². The summed E-state index contributed by atoms with van der Waals surface area (Å²) in [5, 5.41) is 6.59. The van der Waals surface area contributed by atoms with Crippen LogP contribution in [-0.4, -0.2) is 57.1 Å². The van der Waals surface area contributed by atoms with Crippen molar-refractivity contribution in [1.82, 2.24) is 14.9 Å². The van der Waals surface area contributed by atoms with E-state index in [2.05, 4.69) is 22.5 Å². The minimum Gasteiger partial charge on any atom is -0.373 e. The first kappa shape index (κ1) is 22.1. The molecule has 3 rings (SSSR count). The third-order valence-corrected chi connectivity index (χ3v) is 7.59. The van der Waals surface area contributed by atoms with Crippen molar-refractivity contribution in [3.8, 4) is 0 Å². The zero-order valence-electron chi connectivity index (χ0n) is 17.6. The van der Waals surface area contributed by atoms with Gasteiger partial charge in [0.25, 0.3) is 0 Å². The van der Waals surface area contributed by atoms with Crippen LogP contribution in [0.15, 0.2) is 34.2 Å². The van der Waals surface area contributed by atoms with E-state index in [0.717, 1.165) is 50.8 Å². The van der Waals surface area contributed by atoms with Gasteiger partial charge in [-0.25, -0.2) is 13.4 Å². The monoisotopic (exact) mass is 422 g/mol. The Kier molecular flexibility index (Phi) is 7.54. The van der Waals surface area contributed by atoms with Crippen molar-refractivity contribution in [3.05, 3.63) is 29.8 Å². The molecule has 0 saturated carbocycles. The summed E-state index contributed by atoms with van der Waals surface area (Å²) >= 11 is 0. The Morgan fingerprint density at radius 3 is 2.62 bits per heavy atom. The van der Waals surface area contributed by atoms with Crippen LogP contribution >= 0.6 is 0 Å². The number of piperidine rings is 1. The highest BCUT2D eigenvalue weighted by molar-refractivity contribution is 7.89. The third-order valence-electron chi connectivity index (χ3n) is 5.59. The molecule has 2 saturated heterocycles. The van der Waals surface area contributed by atoms with Gasteiger partial charge in [0.05, 0.1) is 17.0 Å². The van der Waals surface area contributed by atoms with Crippen LogP contribution in [0.2, 0.25) is 0 Å². The van der Waals surface area contributed by atoms with E-state index < -0.39 is 10.0 Å². The van der Waals surface area contributed by atoms with E-state index in [9.17, 15) is 8.42 Å². The molecular formula is C21H34N4O3S. The predicted molar refractivity (Wildman–Crippen MR) is 115 cm³/mol. The summed E-state index contributed by atoms with van der Waals surface area (Å²) in [5.74, 6) is 0.675. The van der Waals surface area contributed by atoms with Gasteiger partial charge >= 0.3 is 0 Å².